The number of hydrogen-bond donors (Lipinski definition) is 0. The summed E-state index contributed by atoms with van der Waals surface area (Å²) in [5.41, 5.74) is 2.55. The van der Waals surface area contributed by atoms with Gasteiger partial charge in [-0.1, -0.05) is 26.0 Å². The zero-order valence-electron chi connectivity index (χ0n) is 15.1. The Balaban J connectivity index is 1.84. The molecular formula is C21H21N3OS. The smallest absolute Gasteiger partial charge is 0.140 e. The first-order valence-electron chi connectivity index (χ1n) is 8.52. The number of nitriles is 1. The molecule has 1 unspecified atom stereocenters. The van der Waals surface area contributed by atoms with Crippen molar-refractivity contribution < 1.29 is 4.74 Å². The summed E-state index contributed by atoms with van der Waals surface area (Å²) in [7, 11) is 0. The van der Waals surface area contributed by atoms with Crippen molar-refractivity contribution in [3.8, 4) is 11.8 Å². The zero-order chi connectivity index (χ0) is 18.6. The van der Waals surface area contributed by atoms with Crippen molar-refractivity contribution >= 4 is 11.3 Å². The zero-order valence-corrected chi connectivity index (χ0v) is 16.0. The Morgan fingerprint density at radius 2 is 1.92 bits per heavy atom. The van der Waals surface area contributed by atoms with Crippen molar-refractivity contribution in [3.63, 3.8) is 0 Å². The van der Waals surface area contributed by atoms with E-state index in [9.17, 15) is 0 Å². The van der Waals surface area contributed by atoms with E-state index in [4.69, 9.17) is 10.00 Å². The molecule has 132 valence electrons. The summed E-state index contributed by atoms with van der Waals surface area (Å²) in [5.74, 6) is 1.07. The summed E-state index contributed by atoms with van der Waals surface area (Å²) in [6.07, 6.45) is 3.55. The number of benzene rings is 1. The minimum Gasteiger partial charge on any atom is -0.485 e. The first-order valence-corrected chi connectivity index (χ1v) is 9.40. The van der Waals surface area contributed by atoms with Crippen molar-refractivity contribution in [1.29, 1.82) is 5.26 Å². The maximum Gasteiger partial charge on any atom is 0.140 e. The molecule has 1 atom stereocenters. The molecule has 0 N–H and O–H groups in total. The van der Waals surface area contributed by atoms with E-state index in [1.807, 2.05) is 41.8 Å². The molecule has 0 aliphatic carbocycles. The number of hydrogen-bond acceptors (Lipinski definition) is 5. The molecule has 0 aliphatic heterocycles. The van der Waals surface area contributed by atoms with E-state index in [1.165, 1.54) is 0 Å². The normalized spacial score (nSPS) is 13.2. The number of ether oxygens (including phenoxy) is 1. The number of nitrogens with zero attached hydrogens (tertiary/aromatic N) is 3. The second-order valence-electron chi connectivity index (χ2n) is 6.64. The minimum atomic E-state index is -0.248. The Kier molecular flexibility index (Phi) is 5.34. The van der Waals surface area contributed by atoms with Gasteiger partial charge in [-0.05, 0) is 42.7 Å². The van der Waals surface area contributed by atoms with E-state index in [0.29, 0.717) is 18.1 Å². The molecule has 0 radical (unpaired) electrons. The van der Waals surface area contributed by atoms with Crippen LogP contribution in [-0.4, -0.2) is 9.97 Å². The van der Waals surface area contributed by atoms with Crippen molar-refractivity contribution in [2.45, 2.75) is 32.8 Å². The summed E-state index contributed by atoms with van der Waals surface area (Å²) in [6.45, 7) is 7.02. The SMILES string of the molecule is CC(C)C(C)(c1ccc(C#N)cc1)c1ccc(OCc2nccs2)cn1. The average Bonchev–Trinajstić information content (AvgIpc) is 3.19. The monoisotopic (exact) mass is 363 g/mol. The van der Waals surface area contributed by atoms with Crippen LogP contribution in [0.1, 0.15) is 42.6 Å². The summed E-state index contributed by atoms with van der Waals surface area (Å²) in [6, 6.07) is 13.9. The van der Waals surface area contributed by atoms with E-state index < -0.39 is 0 Å². The number of thiazole rings is 1. The van der Waals surface area contributed by atoms with Crippen LogP contribution < -0.4 is 4.74 Å². The van der Waals surface area contributed by atoms with Gasteiger partial charge in [0.15, 0.2) is 0 Å². The Morgan fingerprint density at radius 1 is 1.15 bits per heavy atom. The van der Waals surface area contributed by atoms with Crippen molar-refractivity contribution in [2.75, 3.05) is 0 Å². The molecule has 2 heterocycles. The number of pyridine rings is 1. The molecule has 0 fully saturated rings. The Bertz CT molecular complexity index is 881. The third-order valence-electron chi connectivity index (χ3n) is 4.88. The highest BCUT2D eigenvalue weighted by atomic mass is 32.1. The molecule has 3 rings (SSSR count). The molecule has 0 saturated heterocycles. The second kappa shape index (κ2) is 7.67. The van der Waals surface area contributed by atoms with Crippen LogP contribution in [0.15, 0.2) is 54.2 Å². The summed E-state index contributed by atoms with van der Waals surface area (Å²) < 4.78 is 5.76. The lowest BCUT2D eigenvalue weighted by atomic mass is 9.70. The Hall–Kier alpha value is -2.71. The van der Waals surface area contributed by atoms with Gasteiger partial charge in [0.1, 0.15) is 17.4 Å². The van der Waals surface area contributed by atoms with Crippen LogP contribution in [0, 0.1) is 17.2 Å². The fourth-order valence-corrected chi connectivity index (χ4v) is 3.44. The summed E-state index contributed by atoms with van der Waals surface area (Å²) >= 11 is 1.57. The van der Waals surface area contributed by atoms with Gasteiger partial charge in [0.25, 0.3) is 0 Å². The van der Waals surface area contributed by atoms with Crippen LogP contribution in [0.2, 0.25) is 0 Å². The van der Waals surface area contributed by atoms with Crippen LogP contribution in [0.3, 0.4) is 0 Å². The van der Waals surface area contributed by atoms with E-state index in [-0.39, 0.29) is 5.41 Å². The highest BCUT2D eigenvalue weighted by molar-refractivity contribution is 7.09. The lowest BCUT2D eigenvalue weighted by Gasteiger charge is -2.34. The van der Waals surface area contributed by atoms with E-state index in [2.05, 4.69) is 36.8 Å². The highest BCUT2D eigenvalue weighted by Gasteiger charge is 2.33. The Labute approximate surface area is 158 Å². The molecule has 4 nitrogen and oxygen atoms in total. The van der Waals surface area contributed by atoms with E-state index >= 15 is 0 Å². The maximum atomic E-state index is 9.03. The van der Waals surface area contributed by atoms with Gasteiger partial charge in [-0.3, -0.25) is 4.98 Å². The fraction of sp³-hybridized carbons (Fsp3) is 0.286. The first-order chi connectivity index (χ1) is 12.5. The van der Waals surface area contributed by atoms with Gasteiger partial charge in [-0.15, -0.1) is 11.3 Å². The van der Waals surface area contributed by atoms with Crippen molar-refractivity contribution in [2.24, 2.45) is 5.92 Å². The van der Waals surface area contributed by atoms with Crippen molar-refractivity contribution in [1.82, 2.24) is 9.97 Å². The van der Waals surface area contributed by atoms with Crippen LogP contribution in [0.5, 0.6) is 5.75 Å². The number of aromatic nitrogens is 2. The van der Waals surface area contributed by atoms with Crippen molar-refractivity contribution in [3.05, 3.63) is 76.0 Å². The third-order valence-corrected chi connectivity index (χ3v) is 5.64. The number of rotatable bonds is 6. The van der Waals surface area contributed by atoms with E-state index in [1.54, 1.807) is 23.7 Å². The van der Waals surface area contributed by atoms with Gasteiger partial charge >= 0.3 is 0 Å². The third kappa shape index (κ3) is 3.61. The van der Waals surface area contributed by atoms with Crippen LogP contribution in [0.4, 0.5) is 0 Å². The lowest BCUT2D eigenvalue weighted by molar-refractivity contribution is 0.303. The quantitative estimate of drug-likeness (QED) is 0.622. The van der Waals surface area contributed by atoms with Gasteiger partial charge in [0.2, 0.25) is 0 Å². The average molecular weight is 363 g/mol. The molecule has 0 saturated carbocycles. The molecule has 0 amide bonds. The largest absolute Gasteiger partial charge is 0.485 e. The minimum absolute atomic E-state index is 0.248. The topological polar surface area (TPSA) is 58.8 Å². The van der Waals surface area contributed by atoms with Gasteiger partial charge < -0.3 is 4.74 Å². The van der Waals surface area contributed by atoms with Gasteiger partial charge in [-0.25, -0.2) is 4.98 Å². The standard InChI is InChI=1S/C21H21N3OS/c1-15(2)21(3,17-6-4-16(12-22)5-7-17)19-9-8-18(13-24-19)25-14-20-23-10-11-26-20/h4-11,13,15H,14H2,1-3H3. The molecule has 0 bridgehead atoms. The maximum absolute atomic E-state index is 9.03. The van der Waals surface area contributed by atoms with Gasteiger partial charge in [0, 0.05) is 17.0 Å². The highest BCUT2D eigenvalue weighted by Crippen LogP contribution is 2.38. The molecule has 3 aromatic rings. The molecule has 0 aliphatic rings. The van der Waals surface area contributed by atoms with Gasteiger partial charge in [0.05, 0.1) is 23.5 Å². The molecule has 5 heteroatoms. The summed E-state index contributed by atoms with van der Waals surface area (Å²) in [5, 5.41) is 11.9. The molecule has 0 spiro atoms. The molecular weight excluding hydrogens is 342 g/mol. The van der Waals surface area contributed by atoms with Crippen LogP contribution in [-0.2, 0) is 12.0 Å². The first kappa shape index (κ1) is 18.1. The van der Waals surface area contributed by atoms with Crippen LogP contribution >= 0.6 is 11.3 Å². The van der Waals surface area contributed by atoms with Gasteiger partial charge in [-0.2, -0.15) is 5.26 Å². The predicted molar refractivity (Wildman–Crippen MR) is 103 cm³/mol. The molecule has 1 aromatic carbocycles. The lowest BCUT2D eigenvalue weighted by Crippen LogP contribution is -2.31. The predicted octanol–water partition coefficient (Wildman–Crippen LogP) is 4.95. The fourth-order valence-electron chi connectivity index (χ4n) is 2.91. The molecule has 2 aromatic heterocycles. The van der Waals surface area contributed by atoms with E-state index in [0.717, 1.165) is 22.0 Å². The Morgan fingerprint density at radius 3 is 2.46 bits per heavy atom. The second-order valence-corrected chi connectivity index (χ2v) is 7.62. The molecule has 26 heavy (non-hydrogen) atoms. The van der Waals surface area contributed by atoms with Crippen LogP contribution in [0.25, 0.3) is 0 Å². The summed E-state index contributed by atoms with van der Waals surface area (Å²) in [4.78, 5) is 8.90.